The Labute approximate surface area is 137 Å². The van der Waals surface area contributed by atoms with Gasteiger partial charge in [-0.3, -0.25) is 9.59 Å². The van der Waals surface area contributed by atoms with Crippen LogP contribution in [0.2, 0.25) is 0 Å². The number of piperazine rings is 1. The highest BCUT2D eigenvalue weighted by molar-refractivity contribution is 5.97. The first-order valence-corrected chi connectivity index (χ1v) is 7.77. The lowest BCUT2D eigenvalue weighted by molar-refractivity contribution is 0.0535. The van der Waals surface area contributed by atoms with E-state index in [1.165, 1.54) is 6.39 Å². The van der Waals surface area contributed by atoms with Gasteiger partial charge in [0.2, 0.25) is 0 Å². The van der Waals surface area contributed by atoms with Crippen molar-refractivity contribution in [2.45, 2.75) is 0 Å². The minimum absolute atomic E-state index is 0.00794. The van der Waals surface area contributed by atoms with Crippen molar-refractivity contribution in [2.75, 3.05) is 26.2 Å². The summed E-state index contributed by atoms with van der Waals surface area (Å²) in [6.07, 6.45) is 4.78. The molecule has 4 rings (SSSR count). The fourth-order valence-corrected chi connectivity index (χ4v) is 2.92. The van der Waals surface area contributed by atoms with E-state index in [9.17, 15) is 9.59 Å². The predicted molar refractivity (Wildman–Crippen MR) is 86.6 cm³/mol. The maximum Gasteiger partial charge on any atom is 0.255 e. The van der Waals surface area contributed by atoms with E-state index in [2.05, 4.69) is 9.97 Å². The molecule has 2 aromatic heterocycles. The molecule has 1 aromatic carbocycles. The number of H-pyrrole nitrogens is 1. The zero-order valence-electron chi connectivity index (χ0n) is 12.9. The van der Waals surface area contributed by atoms with Crippen LogP contribution in [-0.2, 0) is 0 Å². The molecule has 3 heterocycles. The number of amides is 2. The molecule has 0 aliphatic carbocycles. The Balaban J connectivity index is 1.43. The number of hydrogen-bond acceptors (Lipinski definition) is 4. The third-order valence-electron chi connectivity index (χ3n) is 4.28. The molecule has 24 heavy (non-hydrogen) atoms. The van der Waals surface area contributed by atoms with E-state index in [4.69, 9.17) is 4.42 Å². The Hall–Kier alpha value is -3.09. The molecule has 1 aliphatic heterocycles. The molecule has 7 nitrogen and oxygen atoms in total. The summed E-state index contributed by atoms with van der Waals surface area (Å²) in [6.45, 7) is 2.09. The second kappa shape index (κ2) is 5.84. The number of carbonyl (C=O) groups excluding carboxylic acids is 2. The van der Waals surface area contributed by atoms with Crippen LogP contribution in [0.3, 0.4) is 0 Å². The molecule has 1 fully saturated rings. The molecule has 3 aromatic rings. The molecule has 0 atom stereocenters. The SMILES string of the molecule is O=C(c1cc[nH]c1)N1CCN(C(=O)c2ccc3ncoc3c2)CC1. The van der Waals surface area contributed by atoms with Crippen molar-refractivity contribution in [3.05, 3.63) is 54.2 Å². The van der Waals surface area contributed by atoms with Crippen LogP contribution in [0, 0.1) is 0 Å². The average Bonchev–Trinajstić information content (AvgIpc) is 3.31. The molecule has 2 amide bonds. The fourth-order valence-electron chi connectivity index (χ4n) is 2.92. The van der Waals surface area contributed by atoms with Crippen molar-refractivity contribution in [1.82, 2.24) is 19.8 Å². The third-order valence-corrected chi connectivity index (χ3v) is 4.28. The standard InChI is InChI=1S/C17H16N4O3/c22-16(12-1-2-14-15(9-12)24-11-19-14)20-5-7-21(8-6-20)17(23)13-3-4-18-10-13/h1-4,9-11,18H,5-8H2. The van der Waals surface area contributed by atoms with Crippen molar-refractivity contribution in [1.29, 1.82) is 0 Å². The monoisotopic (exact) mass is 324 g/mol. The maximum absolute atomic E-state index is 12.6. The van der Waals surface area contributed by atoms with Crippen LogP contribution in [-0.4, -0.2) is 57.8 Å². The molecule has 1 saturated heterocycles. The van der Waals surface area contributed by atoms with E-state index in [1.54, 1.807) is 46.5 Å². The van der Waals surface area contributed by atoms with Crippen molar-refractivity contribution in [2.24, 2.45) is 0 Å². The second-order valence-electron chi connectivity index (χ2n) is 5.72. The lowest BCUT2D eigenvalue weighted by Gasteiger charge is -2.34. The van der Waals surface area contributed by atoms with E-state index in [0.29, 0.717) is 42.9 Å². The van der Waals surface area contributed by atoms with E-state index in [1.807, 2.05) is 0 Å². The molecule has 0 unspecified atom stereocenters. The number of rotatable bonds is 2. The second-order valence-corrected chi connectivity index (χ2v) is 5.72. The minimum Gasteiger partial charge on any atom is -0.443 e. The molecular formula is C17H16N4O3. The fraction of sp³-hybridized carbons (Fsp3) is 0.235. The number of aromatic nitrogens is 2. The van der Waals surface area contributed by atoms with Gasteiger partial charge in [0.05, 0.1) is 5.56 Å². The van der Waals surface area contributed by atoms with Crippen LogP contribution in [0.5, 0.6) is 0 Å². The van der Waals surface area contributed by atoms with Crippen molar-refractivity contribution in [3.63, 3.8) is 0 Å². The van der Waals surface area contributed by atoms with Gasteiger partial charge in [-0.2, -0.15) is 0 Å². The zero-order chi connectivity index (χ0) is 16.5. The molecule has 7 heteroatoms. The van der Waals surface area contributed by atoms with Crippen molar-refractivity contribution >= 4 is 22.9 Å². The highest BCUT2D eigenvalue weighted by Gasteiger charge is 2.25. The molecule has 0 saturated carbocycles. The lowest BCUT2D eigenvalue weighted by Crippen LogP contribution is -2.50. The summed E-state index contributed by atoms with van der Waals surface area (Å²) in [4.78, 5) is 35.4. The van der Waals surface area contributed by atoms with Crippen LogP contribution in [0.4, 0.5) is 0 Å². The number of nitrogens with one attached hydrogen (secondary N) is 1. The van der Waals surface area contributed by atoms with Gasteiger partial charge >= 0.3 is 0 Å². The van der Waals surface area contributed by atoms with Gasteiger partial charge in [-0.05, 0) is 24.3 Å². The van der Waals surface area contributed by atoms with Gasteiger partial charge in [0.1, 0.15) is 5.52 Å². The molecule has 122 valence electrons. The molecular weight excluding hydrogens is 308 g/mol. The van der Waals surface area contributed by atoms with Gasteiger partial charge in [0.25, 0.3) is 11.8 Å². The lowest BCUT2D eigenvalue weighted by atomic mass is 10.1. The van der Waals surface area contributed by atoms with Gasteiger partial charge < -0.3 is 19.2 Å². The van der Waals surface area contributed by atoms with Gasteiger partial charge in [0, 0.05) is 44.1 Å². The highest BCUT2D eigenvalue weighted by Crippen LogP contribution is 2.17. The topological polar surface area (TPSA) is 82.4 Å². The number of fused-ring (bicyclic) bond motifs is 1. The maximum atomic E-state index is 12.6. The summed E-state index contributed by atoms with van der Waals surface area (Å²) in [5.41, 5.74) is 2.55. The summed E-state index contributed by atoms with van der Waals surface area (Å²) in [6, 6.07) is 7.00. The van der Waals surface area contributed by atoms with E-state index in [0.717, 1.165) is 5.52 Å². The summed E-state index contributed by atoms with van der Waals surface area (Å²) in [5.74, 6) is -0.0616. The number of aromatic amines is 1. The first-order valence-electron chi connectivity index (χ1n) is 7.77. The minimum atomic E-state index is -0.0537. The van der Waals surface area contributed by atoms with Crippen LogP contribution < -0.4 is 0 Å². The summed E-state index contributed by atoms with van der Waals surface area (Å²) >= 11 is 0. The number of benzene rings is 1. The Morgan fingerprint density at radius 1 is 1.00 bits per heavy atom. The Morgan fingerprint density at radius 2 is 1.71 bits per heavy atom. The number of oxazole rings is 1. The quantitative estimate of drug-likeness (QED) is 0.778. The van der Waals surface area contributed by atoms with Crippen LogP contribution in [0.1, 0.15) is 20.7 Å². The Bertz CT molecular complexity index is 876. The molecule has 0 bridgehead atoms. The van der Waals surface area contributed by atoms with E-state index >= 15 is 0 Å². The summed E-state index contributed by atoms with van der Waals surface area (Å²) in [7, 11) is 0. The average molecular weight is 324 g/mol. The van der Waals surface area contributed by atoms with Crippen molar-refractivity contribution < 1.29 is 14.0 Å². The Morgan fingerprint density at radius 3 is 2.38 bits per heavy atom. The van der Waals surface area contributed by atoms with Crippen LogP contribution in [0.25, 0.3) is 11.1 Å². The van der Waals surface area contributed by atoms with E-state index in [-0.39, 0.29) is 11.8 Å². The number of hydrogen-bond donors (Lipinski definition) is 1. The molecule has 0 spiro atoms. The normalized spacial score (nSPS) is 15.0. The van der Waals surface area contributed by atoms with Gasteiger partial charge in [-0.15, -0.1) is 0 Å². The molecule has 1 aliphatic rings. The predicted octanol–water partition coefficient (Wildman–Crippen LogP) is 1.75. The smallest absolute Gasteiger partial charge is 0.255 e. The van der Waals surface area contributed by atoms with E-state index < -0.39 is 0 Å². The first kappa shape index (κ1) is 14.5. The molecule has 1 N–H and O–H groups in total. The van der Waals surface area contributed by atoms with Gasteiger partial charge in [0.15, 0.2) is 12.0 Å². The third kappa shape index (κ3) is 2.54. The highest BCUT2D eigenvalue weighted by atomic mass is 16.3. The Kier molecular flexibility index (Phi) is 3.53. The number of nitrogens with zero attached hydrogens (tertiary/aromatic N) is 3. The summed E-state index contributed by atoms with van der Waals surface area (Å²) < 4.78 is 5.25. The van der Waals surface area contributed by atoms with Crippen LogP contribution >= 0.6 is 0 Å². The van der Waals surface area contributed by atoms with Gasteiger partial charge in [-0.25, -0.2) is 4.98 Å². The summed E-state index contributed by atoms with van der Waals surface area (Å²) in [5, 5.41) is 0. The largest absolute Gasteiger partial charge is 0.443 e. The molecule has 0 radical (unpaired) electrons. The first-order chi connectivity index (χ1) is 11.7. The van der Waals surface area contributed by atoms with Crippen LogP contribution in [0.15, 0.2) is 47.5 Å². The number of carbonyl (C=O) groups is 2. The van der Waals surface area contributed by atoms with Crippen molar-refractivity contribution in [3.8, 4) is 0 Å². The zero-order valence-corrected chi connectivity index (χ0v) is 12.9. The van der Waals surface area contributed by atoms with Gasteiger partial charge in [-0.1, -0.05) is 0 Å².